The molecule has 0 unspecified atom stereocenters. The molecular formula is C19H28N2O4. The van der Waals surface area contributed by atoms with Crippen LogP contribution in [-0.4, -0.2) is 47.1 Å². The van der Waals surface area contributed by atoms with E-state index in [1.807, 2.05) is 25.1 Å². The van der Waals surface area contributed by atoms with E-state index in [0.717, 1.165) is 23.3 Å². The van der Waals surface area contributed by atoms with Crippen molar-refractivity contribution in [1.29, 1.82) is 0 Å². The van der Waals surface area contributed by atoms with Crippen LogP contribution in [-0.2, 0) is 16.1 Å². The summed E-state index contributed by atoms with van der Waals surface area (Å²) < 4.78 is 5.60. The van der Waals surface area contributed by atoms with Gasteiger partial charge in [-0.25, -0.2) is 0 Å². The number of aliphatic hydroxyl groups is 1. The molecule has 1 heterocycles. The van der Waals surface area contributed by atoms with Crippen LogP contribution in [0.4, 0.5) is 0 Å². The molecule has 138 valence electrons. The van der Waals surface area contributed by atoms with Gasteiger partial charge < -0.3 is 20.1 Å². The van der Waals surface area contributed by atoms with Crippen LogP contribution in [0, 0.1) is 6.92 Å². The van der Waals surface area contributed by atoms with E-state index < -0.39 is 11.5 Å². The minimum absolute atomic E-state index is 0.0525. The van der Waals surface area contributed by atoms with Gasteiger partial charge in [0.1, 0.15) is 5.75 Å². The normalized spacial score (nSPS) is 20.2. The Morgan fingerprint density at radius 3 is 2.80 bits per heavy atom. The zero-order valence-corrected chi connectivity index (χ0v) is 15.3. The standard InChI is InChI=1S/C19H28N2O4/c1-4-10-25-17-7-6-16(14(2)11-17)12-20-18(23)19(24)8-5-9-21(13-19)15(3)22/h6-7,11,24H,4-5,8-10,12-13H2,1-3H3,(H,20,23)/t19-/m0/s1. The summed E-state index contributed by atoms with van der Waals surface area (Å²) in [5.41, 5.74) is 0.483. The first kappa shape index (κ1) is 19.2. The quantitative estimate of drug-likeness (QED) is 0.821. The summed E-state index contributed by atoms with van der Waals surface area (Å²) in [6, 6.07) is 5.76. The average Bonchev–Trinajstić information content (AvgIpc) is 2.58. The maximum absolute atomic E-state index is 12.5. The first-order valence-electron chi connectivity index (χ1n) is 8.84. The molecule has 1 fully saturated rings. The fraction of sp³-hybridized carbons (Fsp3) is 0.579. The number of hydrogen-bond acceptors (Lipinski definition) is 4. The number of amides is 2. The first-order chi connectivity index (χ1) is 11.9. The van der Waals surface area contributed by atoms with Crippen molar-refractivity contribution in [2.24, 2.45) is 0 Å². The molecule has 0 radical (unpaired) electrons. The number of piperidine rings is 1. The maximum atomic E-state index is 12.5. The number of nitrogens with one attached hydrogen (secondary N) is 1. The van der Waals surface area contributed by atoms with E-state index in [1.165, 1.54) is 11.8 Å². The lowest BCUT2D eigenvalue weighted by Crippen LogP contribution is -2.57. The van der Waals surface area contributed by atoms with Gasteiger partial charge in [0.2, 0.25) is 5.91 Å². The Morgan fingerprint density at radius 2 is 2.16 bits per heavy atom. The lowest BCUT2D eigenvalue weighted by atomic mass is 9.91. The molecule has 2 N–H and O–H groups in total. The van der Waals surface area contributed by atoms with Crippen molar-refractivity contribution < 1.29 is 19.4 Å². The van der Waals surface area contributed by atoms with E-state index in [1.54, 1.807) is 0 Å². The zero-order chi connectivity index (χ0) is 18.4. The molecule has 25 heavy (non-hydrogen) atoms. The molecular weight excluding hydrogens is 320 g/mol. The Balaban J connectivity index is 1.96. The molecule has 1 aliphatic rings. The average molecular weight is 348 g/mol. The molecule has 2 rings (SSSR count). The second-order valence-corrected chi connectivity index (χ2v) is 6.70. The SMILES string of the molecule is CCCOc1ccc(CNC(=O)[C@]2(O)CCCN(C(C)=O)C2)c(C)c1. The van der Waals surface area contributed by atoms with Gasteiger partial charge in [-0.15, -0.1) is 0 Å². The number of carbonyl (C=O) groups excluding carboxylic acids is 2. The molecule has 6 heteroatoms. The summed E-state index contributed by atoms with van der Waals surface area (Å²) in [4.78, 5) is 25.5. The predicted molar refractivity (Wildman–Crippen MR) is 95.2 cm³/mol. The maximum Gasteiger partial charge on any atom is 0.254 e. The Hall–Kier alpha value is -2.08. The minimum atomic E-state index is -1.51. The molecule has 0 saturated carbocycles. The number of hydrogen-bond donors (Lipinski definition) is 2. The summed E-state index contributed by atoms with van der Waals surface area (Å²) in [5, 5.41) is 13.4. The molecule has 0 aliphatic carbocycles. The van der Waals surface area contributed by atoms with Crippen molar-refractivity contribution >= 4 is 11.8 Å². The number of aryl methyl sites for hydroxylation is 1. The van der Waals surface area contributed by atoms with E-state index in [4.69, 9.17) is 4.74 Å². The number of benzene rings is 1. The van der Waals surface area contributed by atoms with Gasteiger partial charge in [0.05, 0.1) is 13.2 Å². The van der Waals surface area contributed by atoms with Crippen LogP contribution < -0.4 is 10.1 Å². The second kappa shape index (κ2) is 8.34. The summed E-state index contributed by atoms with van der Waals surface area (Å²) >= 11 is 0. The van der Waals surface area contributed by atoms with Crippen LogP contribution in [0.5, 0.6) is 5.75 Å². The lowest BCUT2D eigenvalue weighted by Gasteiger charge is -2.37. The second-order valence-electron chi connectivity index (χ2n) is 6.70. The third-order valence-electron chi connectivity index (χ3n) is 4.57. The number of nitrogens with zero attached hydrogens (tertiary/aromatic N) is 1. The molecule has 1 aliphatic heterocycles. The third-order valence-corrected chi connectivity index (χ3v) is 4.57. The summed E-state index contributed by atoms with van der Waals surface area (Å²) in [5.74, 6) is 0.269. The lowest BCUT2D eigenvalue weighted by molar-refractivity contribution is -0.150. The van der Waals surface area contributed by atoms with E-state index in [-0.39, 0.29) is 12.5 Å². The molecule has 1 aromatic carbocycles. The summed E-state index contributed by atoms with van der Waals surface area (Å²) in [6.45, 7) is 7.12. The smallest absolute Gasteiger partial charge is 0.254 e. The predicted octanol–water partition coefficient (Wildman–Crippen LogP) is 1.77. The molecule has 0 spiro atoms. The van der Waals surface area contributed by atoms with Crippen molar-refractivity contribution in [2.75, 3.05) is 19.7 Å². The number of rotatable bonds is 6. The Labute approximate surface area is 149 Å². The Morgan fingerprint density at radius 1 is 1.40 bits per heavy atom. The van der Waals surface area contributed by atoms with Crippen LogP contribution >= 0.6 is 0 Å². The summed E-state index contributed by atoms with van der Waals surface area (Å²) in [7, 11) is 0. The van der Waals surface area contributed by atoms with Crippen molar-refractivity contribution in [3.63, 3.8) is 0 Å². The highest BCUT2D eigenvalue weighted by Crippen LogP contribution is 2.22. The third kappa shape index (κ3) is 4.95. The zero-order valence-electron chi connectivity index (χ0n) is 15.3. The van der Waals surface area contributed by atoms with Gasteiger partial charge in [-0.05, 0) is 49.4 Å². The molecule has 0 aromatic heterocycles. The molecule has 1 saturated heterocycles. The van der Waals surface area contributed by atoms with Crippen molar-refractivity contribution in [1.82, 2.24) is 10.2 Å². The first-order valence-corrected chi connectivity index (χ1v) is 8.84. The van der Waals surface area contributed by atoms with Gasteiger partial charge in [0.25, 0.3) is 5.91 Å². The molecule has 1 atom stereocenters. The van der Waals surface area contributed by atoms with Crippen LogP contribution in [0.2, 0.25) is 0 Å². The van der Waals surface area contributed by atoms with Gasteiger partial charge in [-0.2, -0.15) is 0 Å². The minimum Gasteiger partial charge on any atom is -0.494 e. The van der Waals surface area contributed by atoms with Gasteiger partial charge >= 0.3 is 0 Å². The van der Waals surface area contributed by atoms with Crippen molar-refractivity contribution in [3.8, 4) is 5.75 Å². The highest BCUT2D eigenvalue weighted by Gasteiger charge is 2.40. The van der Waals surface area contributed by atoms with Crippen molar-refractivity contribution in [2.45, 2.75) is 52.2 Å². The largest absolute Gasteiger partial charge is 0.494 e. The van der Waals surface area contributed by atoms with E-state index in [0.29, 0.717) is 32.5 Å². The number of likely N-dealkylation sites (tertiary alicyclic amines) is 1. The topological polar surface area (TPSA) is 78.9 Å². The van der Waals surface area contributed by atoms with Crippen LogP contribution in [0.15, 0.2) is 18.2 Å². The van der Waals surface area contributed by atoms with E-state index >= 15 is 0 Å². The van der Waals surface area contributed by atoms with Crippen molar-refractivity contribution in [3.05, 3.63) is 29.3 Å². The van der Waals surface area contributed by atoms with Crippen LogP contribution in [0.3, 0.4) is 0 Å². The number of ether oxygens (including phenoxy) is 1. The number of β-amino-alcohol motifs (C(OH)–C–C–N with tert-alkyl or cyclic N) is 1. The highest BCUT2D eigenvalue weighted by atomic mass is 16.5. The van der Waals surface area contributed by atoms with Gasteiger partial charge in [0.15, 0.2) is 5.60 Å². The van der Waals surface area contributed by atoms with Crippen LogP contribution in [0.1, 0.15) is 44.2 Å². The fourth-order valence-electron chi connectivity index (χ4n) is 3.01. The number of carbonyl (C=O) groups is 2. The highest BCUT2D eigenvalue weighted by molar-refractivity contribution is 5.86. The Kier molecular flexibility index (Phi) is 6.42. The fourth-order valence-corrected chi connectivity index (χ4v) is 3.01. The van der Waals surface area contributed by atoms with Gasteiger partial charge in [-0.1, -0.05) is 13.0 Å². The summed E-state index contributed by atoms with van der Waals surface area (Å²) in [6.07, 6.45) is 1.93. The van der Waals surface area contributed by atoms with E-state index in [2.05, 4.69) is 12.2 Å². The van der Waals surface area contributed by atoms with E-state index in [9.17, 15) is 14.7 Å². The monoisotopic (exact) mass is 348 g/mol. The van der Waals surface area contributed by atoms with Gasteiger partial charge in [-0.3, -0.25) is 9.59 Å². The van der Waals surface area contributed by atoms with Gasteiger partial charge in [0, 0.05) is 20.0 Å². The van der Waals surface area contributed by atoms with Crippen LogP contribution in [0.25, 0.3) is 0 Å². The molecule has 1 aromatic rings. The molecule has 0 bridgehead atoms. The Bertz CT molecular complexity index is 632. The molecule has 2 amide bonds. The molecule has 6 nitrogen and oxygen atoms in total.